The van der Waals surface area contributed by atoms with Crippen molar-refractivity contribution in [1.82, 2.24) is 9.21 Å². The lowest BCUT2D eigenvalue weighted by molar-refractivity contribution is 0.0998. The summed E-state index contributed by atoms with van der Waals surface area (Å²) in [5.74, 6) is -0.888. The number of amides is 1. The first-order valence-electron chi connectivity index (χ1n) is 9.54. The van der Waals surface area contributed by atoms with Gasteiger partial charge in [0.15, 0.2) is 5.76 Å². The summed E-state index contributed by atoms with van der Waals surface area (Å²) in [5, 5.41) is 3.20. The second-order valence-electron chi connectivity index (χ2n) is 7.39. The average Bonchev–Trinajstić information content (AvgIpc) is 3.05. The summed E-state index contributed by atoms with van der Waals surface area (Å²) < 4.78 is 46.4. The molecule has 3 aromatic rings. The standard InChI is InChI=1S/C21H22FN3O4S/c1-14-18-12-15(22)6-7-19(18)29-20(14)21(26)23-16-4-3-5-17(13-16)30(27,28)25-10-8-24(2)9-11-25/h3-7,12-13H,8-11H2,1-2H3,(H,23,26). The van der Waals surface area contributed by atoms with Gasteiger partial charge in [0.25, 0.3) is 5.91 Å². The molecule has 0 spiro atoms. The van der Waals surface area contributed by atoms with Crippen LogP contribution < -0.4 is 5.32 Å². The lowest BCUT2D eigenvalue weighted by atomic mass is 10.1. The van der Waals surface area contributed by atoms with Crippen LogP contribution in [0.5, 0.6) is 0 Å². The van der Waals surface area contributed by atoms with Gasteiger partial charge in [-0.3, -0.25) is 4.79 Å². The van der Waals surface area contributed by atoms with Gasteiger partial charge in [-0.25, -0.2) is 12.8 Å². The third-order valence-corrected chi connectivity index (χ3v) is 7.19. The fourth-order valence-electron chi connectivity index (χ4n) is 3.51. The molecule has 1 aliphatic rings. The molecule has 158 valence electrons. The number of hydrogen-bond donors (Lipinski definition) is 1. The highest BCUT2D eigenvalue weighted by molar-refractivity contribution is 7.89. The zero-order valence-corrected chi connectivity index (χ0v) is 17.5. The molecule has 4 rings (SSSR count). The lowest BCUT2D eigenvalue weighted by Gasteiger charge is -2.31. The van der Waals surface area contributed by atoms with Crippen LogP contribution in [0.1, 0.15) is 16.1 Å². The van der Waals surface area contributed by atoms with Crippen LogP contribution in [-0.4, -0.2) is 56.8 Å². The third kappa shape index (κ3) is 3.83. The van der Waals surface area contributed by atoms with Crippen LogP contribution in [-0.2, 0) is 10.0 Å². The minimum absolute atomic E-state index is 0.0583. The Morgan fingerprint density at radius 2 is 1.83 bits per heavy atom. The molecule has 0 bridgehead atoms. The highest BCUT2D eigenvalue weighted by Crippen LogP contribution is 2.27. The fourth-order valence-corrected chi connectivity index (χ4v) is 4.98. The summed E-state index contributed by atoms with van der Waals surface area (Å²) in [4.78, 5) is 14.9. The number of hydrogen-bond acceptors (Lipinski definition) is 5. The highest BCUT2D eigenvalue weighted by Gasteiger charge is 2.28. The van der Waals surface area contributed by atoms with Gasteiger partial charge in [-0.1, -0.05) is 6.07 Å². The lowest BCUT2D eigenvalue weighted by Crippen LogP contribution is -2.47. The van der Waals surface area contributed by atoms with E-state index in [-0.39, 0.29) is 10.7 Å². The maximum absolute atomic E-state index is 13.5. The molecule has 2 heterocycles. The Hall–Kier alpha value is -2.75. The van der Waals surface area contributed by atoms with E-state index in [1.165, 1.54) is 34.6 Å². The number of rotatable bonds is 4. The Labute approximate surface area is 174 Å². The van der Waals surface area contributed by atoms with Crippen molar-refractivity contribution in [3.63, 3.8) is 0 Å². The predicted octanol–water partition coefficient (Wildman–Crippen LogP) is 3.07. The molecule has 9 heteroatoms. The molecule has 7 nitrogen and oxygen atoms in total. The first kappa shape index (κ1) is 20.5. The largest absolute Gasteiger partial charge is 0.451 e. The van der Waals surface area contributed by atoms with Crippen molar-refractivity contribution in [1.29, 1.82) is 0 Å². The minimum atomic E-state index is -3.65. The van der Waals surface area contributed by atoms with Gasteiger partial charge in [0, 0.05) is 42.8 Å². The Balaban J connectivity index is 1.58. The first-order valence-corrected chi connectivity index (χ1v) is 11.0. The van der Waals surface area contributed by atoms with Crippen LogP contribution in [0, 0.1) is 12.7 Å². The number of anilines is 1. The summed E-state index contributed by atoms with van der Waals surface area (Å²) in [5.41, 5.74) is 1.26. The van der Waals surface area contributed by atoms with Crippen molar-refractivity contribution in [2.45, 2.75) is 11.8 Å². The molecule has 30 heavy (non-hydrogen) atoms. The molecule has 2 aromatic carbocycles. The number of sulfonamides is 1. The van der Waals surface area contributed by atoms with Gasteiger partial charge in [0.05, 0.1) is 4.90 Å². The maximum Gasteiger partial charge on any atom is 0.291 e. The SMILES string of the molecule is Cc1c(C(=O)Nc2cccc(S(=O)(=O)N3CCN(C)CC3)c2)oc2ccc(F)cc12. The molecule has 1 fully saturated rings. The molecule has 1 saturated heterocycles. The van der Waals surface area contributed by atoms with E-state index in [0.717, 1.165) is 0 Å². The number of fused-ring (bicyclic) bond motifs is 1. The van der Waals surface area contributed by atoms with Gasteiger partial charge in [-0.05, 0) is 50.4 Å². The number of furan rings is 1. The zero-order valence-electron chi connectivity index (χ0n) is 16.7. The molecule has 0 saturated carbocycles. The maximum atomic E-state index is 13.5. The van der Waals surface area contributed by atoms with Crippen LogP contribution in [0.2, 0.25) is 0 Å². The fraction of sp³-hybridized carbons (Fsp3) is 0.286. The molecule has 0 radical (unpaired) electrons. The molecule has 0 atom stereocenters. The first-order chi connectivity index (χ1) is 14.3. The Morgan fingerprint density at radius 3 is 2.57 bits per heavy atom. The number of nitrogens with one attached hydrogen (secondary N) is 1. The number of piperazine rings is 1. The van der Waals surface area contributed by atoms with E-state index < -0.39 is 21.7 Å². The Morgan fingerprint density at radius 1 is 1.10 bits per heavy atom. The van der Waals surface area contributed by atoms with Gasteiger partial charge in [-0.2, -0.15) is 4.31 Å². The van der Waals surface area contributed by atoms with E-state index in [0.29, 0.717) is 48.4 Å². The quantitative estimate of drug-likeness (QED) is 0.687. The summed E-state index contributed by atoms with van der Waals surface area (Å²) >= 11 is 0. The molecular formula is C21H22FN3O4S. The molecule has 1 aliphatic heterocycles. The predicted molar refractivity (Wildman–Crippen MR) is 112 cm³/mol. The monoisotopic (exact) mass is 431 g/mol. The zero-order chi connectivity index (χ0) is 21.5. The summed E-state index contributed by atoms with van der Waals surface area (Å²) in [6.45, 7) is 3.85. The van der Waals surface area contributed by atoms with Crippen molar-refractivity contribution < 1.29 is 22.0 Å². The van der Waals surface area contributed by atoms with E-state index in [1.807, 2.05) is 7.05 Å². The normalized spacial score (nSPS) is 16.1. The molecule has 0 aliphatic carbocycles. The van der Waals surface area contributed by atoms with Gasteiger partial charge < -0.3 is 14.6 Å². The molecule has 1 amide bonds. The van der Waals surface area contributed by atoms with E-state index in [9.17, 15) is 17.6 Å². The molecule has 0 unspecified atom stereocenters. The molecular weight excluding hydrogens is 409 g/mol. The summed E-state index contributed by atoms with van der Waals surface area (Å²) in [7, 11) is -1.70. The second-order valence-corrected chi connectivity index (χ2v) is 9.32. The number of carbonyl (C=O) groups is 1. The number of likely N-dealkylation sites (N-methyl/N-ethyl adjacent to an activating group) is 1. The van der Waals surface area contributed by atoms with Crippen LogP contribution >= 0.6 is 0 Å². The summed E-state index contributed by atoms with van der Waals surface area (Å²) in [6.07, 6.45) is 0. The van der Waals surface area contributed by atoms with Gasteiger partial charge >= 0.3 is 0 Å². The van der Waals surface area contributed by atoms with Crippen molar-refractivity contribution in [3.8, 4) is 0 Å². The topological polar surface area (TPSA) is 82.9 Å². The van der Waals surface area contributed by atoms with Crippen LogP contribution in [0.3, 0.4) is 0 Å². The van der Waals surface area contributed by atoms with Gasteiger partial charge in [0.2, 0.25) is 10.0 Å². The minimum Gasteiger partial charge on any atom is -0.451 e. The Kier molecular flexibility index (Phi) is 5.35. The number of benzene rings is 2. The number of aryl methyl sites for hydroxylation is 1. The average molecular weight is 431 g/mol. The number of halogens is 1. The third-order valence-electron chi connectivity index (χ3n) is 5.30. The number of carbonyl (C=O) groups excluding carboxylic acids is 1. The van der Waals surface area contributed by atoms with E-state index in [2.05, 4.69) is 10.2 Å². The van der Waals surface area contributed by atoms with Crippen molar-refractivity contribution in [2.75, 3.05) is 38.5 Å². The highest BCUT2D eigenvalue weighted by atomic mass is 32.2. The van der Waals surface area contributed by atoms with Gasteiger partial charge in [-0.15, -0.1) is 0 Å². The van der Waals surface area contributed by atoms with Crippen molar-refractivity contribution >= 4 is 32.6 Å². The van der Waals surface area contributed by atoms with Crippen LogP contribution in [0.15, 0.2) is 51.8 Å². The molecule has 1 N–H and O–H groups in total. The van der Waals surface area contributed by atoms with E-state index in [4.69, 9.17) is 4.42 Å². The summed E-state index contributed by atoms with van der Waals surface area (Å²) in [6, 6.07) is 10.2. The smallest absolute Gasteiger partial charge is 0.291 e. The second kappa shape index (κ2) is 7.82. The van der Waals surface area contributed by atoms with Crippen LogP contribution in [0.4, 0.5) is 10.1 Å². The van der Waals surface area contributed by atoms with E-state index in [1.54, 1.807) is 19.1 Å². The van der Waals surface area contributed by atoms with Crippen molar-refractivity contribution in [3.05, 3.63) is 59.6 Å². The molecule has 1 aromatic heterocycles. The van der Waals surface area contributed by atoms with Gasteiger partial charge in [0.1, 0.15) is 11.4 Å². The van der Waals surface area contributed by atoms with E-state index >= 15 is 0 Å². The Bertz CT molecular complexity index is 1210. The van der Waals surface area contributed by atoms with Crippen molar-refractivity contribution in [2.24, 2.45) is 0 Å². The van der Waals surface area contributed by atoms with Crippen LogP contribution in [0.25, 0.3) is 11.0 Å². The number of nitrogens with zero attached hydrogens (tertiary/aromatic N) is 2.